The van der Waals surface area contributed by atoms with Crippen molar-refractivity contribution in [3.05, 3.63) is 51.9 Å². The summed E-state index contributed by atoms with van der Waals surface area (Å²) < 4.78 is 6.50. The molecule has 0 bridgehead atoms. The molecule has 92 valence electrons. The Labute approximate surface area is 115 Å². The van der Waals surface area contributed by atoms with E-state index >= 15 is 0 Å². The summed E-state index contributed by atoms with van der Waals surface area (Å²) >= 11 is 3.35. The summed E-state index contributed by atoms with van der Waals surface area (Å²) in [4.78, 5) is 0. The van der Waals surface area contributed by atoms with Gasteiger partial charge >= 0.3 is 0 Å². The van der Waals surface area contributed by atoms with Crippen LogP contribution in [0.15, 0.2) is 39.2 Å². The van der Waals surface area contributed by atoms with Gasteiger partial charge in [0.2, 0.25) is 0 Å². The summed E-state index contributed by atoms with van der Waals surface area (Å²) in [5, 5.41) is 12.3. The molecule has 1 N–H and O–H groups in total. The van der Waals surface area contributed by atoms with Crippen LogP contribution in [-0.2, 0) is 13.0 Å². The van der Waals surface area contributed by atoms with Crippen LogP contribution >= 0.6 is 15.9 Å². The molecule has 3 nitrogen and oxygen atoms in total. The molecule has 1 aromatic heterocycles. The van der Waals surface area contributed by atoms with E-state index in [1.165, 1.54) is 0 Å². The van der Waals surface area contributed by atoms with Gasteiger partial charge in [0.25, 0.3) is 0 Å². The Morgan fingerprint density at radius 3 is 2.72 bits per heavy atom. The first-order chi connectivity index (χ1) is 8.72. The van der Waals surface area contributed by atoms with Crippen molar-refractivity contribution in [2.45, 2.75) is 19.9 Å². The van der Waals surface area contributed by atoms with Crippen LogP contribution < -0.4 is 5.32 Å². The van der Waals surface area contributed by atoms with E-state index < -0.39 is 0 Å². The molecule has 0 amide bonds. The quantitative estimate of drug-likeness (QED) is 0.925. The molecule has 4 heteroatoms. The smallest absolute Gasteiger partial charge is 0.123 e. The fourth-order valence-corrected chi connectivity index (χ4v) is 2.01. The number of nitrogens with one attached hydrogen (secondary N) is 1. The van der Waals surface area contributed by atoms with Crippen molar-refractivity contribution >= 4 is 21.6 Å². The maximum absolute atomic E-state index is 9.05. The number of aryl methyl sites for hydroxylation is 1. The summed E-state index contributed by atoms with van der Waals surface area (Å²) in [6, 6.07) is 11.7. The van der Waals surface area contributed by atoms with Gasteiger partial charge in [-0.15, -0.1) is 0 Å². The molecule has 0 saturated heterocycles. The molecule has 0 spiro atoms. The van der Waals surface area contributed by atoms with Crippen LogP contribution in [0.3, 0.4) is 0 Å². The summed E-state index contributed by atoms with van der Waals surface area (Å²) in [6.07, 6.45) is 0.891. The minimum absolute atomic E-state index is 0.580. The van der Waals surface area contributed by atoms with Crippen molar-refractivity contribution in [2.75, 3.05) is 5.32 Å². The Morgan fingerprint density at radius 2 is 2.06 bits per heavy atom. The zero-order valence-corrected chi connectivity index (χ0v) is 11.6. The van der Waals surface area contributed by atoms with E-state index in [0.717, 1.165) is 28.1 Å². The molecule has 0 unspecified atom stereocenters. The highest BCUT2D eigenvalue weighted by Gasteiger charge is 2.04. The molecule has 0 aliphatic carbocycles. The largest absolute Gasteiger partial charge is 0.464 e. The van der Waals surface area contributed by atoms with Gasteiger partial charge in [0.1, 0.15) is 17.6 Å². The average Bonchev–Trinajstić information content (AvgIpc) is 2.85. The number of nitrogens with zero attached hydrogens (tertiary/aromatic N) is 1. The second kappa shape index (κ2) is 5.74. The summed E-state index contributed by atoms with van der Waals surface area (Å²) in [5.41, 5.74) is 1.43. The predicted octanol–water partition coefficient (Wildman–Crippen LogP) is 4.09. The zero-order valence-electron chi connectivity index (χ0n) is 10.0. The topological polar surface area (TPSA) is 49.0 Å². The lowest BCUT2D eigenvalue weighted by molar-refractivity contribution is 0.476. The van der Waals surface area contributed by atoms with Crippen LogP contribution in [-0.4, -0.2) is 0 Å². The van der Waals surface area contributed by atoms with Crippen molar-refractivity contribution in [1.29, 1.82) is 5.26 Å². The summed E-state index contributed by atoms with van der Waals surface area (Å²) in [5.74, 6) is 1.85. The van der Waals surface area contributed by atoms with Crippen molar-refractivity contribution in [2.24, 2.45) is 0 Å². The highest BCUT2D eigenvalue weighted by molar-refractivity contribution is 9.10. The second-order valence-corrected chi connectivity index (χ2v) is 4.79. The monoisotopic (exact) mass is 304 g/mol. The van der Waals surface area contributed by atoms with Crippen LogP contribution in [0.2, 0.25) is 0 Å². The van der Waals surface area contributed by atoms with Crippen LogP contribution in [0, 0.1) is 11.3 Å². The first-order valence-electron chi connectivity index (χ1n) is 5.74. The van der Waals surface area contributed by atoms with Gasteiger partial charge in [-0.1, -0.05) is 22.9 Å². The second-order valence-electron chi connectivity index (χ2n) is 3.88. The number of benzene rings is 1. The zero-order chi connectivity index (χ0) is 13.0. The Balaban J connectivity index is 2.08. The maximum Gasteiger partial charge on any atom is 0.123 e. The molecule has 0 aliphatic rings. The van der Waals surface area contributed by atoms with Crippen LogP contribution in [0.4, 0.5) is 5.69 Å². The Morgan fingerprint density at radius 1 is 1.28 bits per heavy atom. The Hall–Kier alpha value is -1.73. The molecule has 0 aliphatic heterocycles. The molecule has 0 atom stereocenters. The molecule has 1 aromatic carbocycles. The normalized spacial score (nSPS) is 10.1. The van der Waals surface area contributed by atoms with Gasteiger partial charge in [0.15, 0.2) is 0 Å². The van der Waals surface area contributed by atoms with Crippen LogP contribution in [0.5, 0.6) is 0 Å². The number of hydrogen-bond donors (Lipinski definition) is 1. The molecule has 0 saturated carbocycles. The van der Waals surface area contributed by atoms with Gasteiger partial charge in [-0.25, -0.2) is 0 Å². The molecule has 18 heavy (non-hydrogen) atoms. The molecule has 0 fully saturated rings. The van der Waals surface area contributed by atoms with E-state index in [1.807, 2.05) is 24.3 Å². The van der Waals surface area contributed by atoms with Crippen LogP contribution in [0.25, 0.3) is 0 Å². The number of nitriles is 1. The van der Waals surface area contributed by atoms with Gasteiger partial charge in [-0.3, -0.25) is 0 Å². The fourth-order valence-electron chi connectivity index (χ4n) is 1.65. The van der Waals surface area contributed by atoms with Crippen LogP contribution in [0.1, 0.15) is 24.0 Å². The highest BCUT2D eigenvalue weighted by atomic mass is 79.9. The predicted molar refractivity (Wildman–Crippen MR) is 74.3 cm³/mol. The number of halogens is 1. The summed E-state index contributed by atoms with van der Waals surface area (Å²) in [6.45, 7) is 2.63. The van der Waals surface area contributed by atoms with Gasteiger partial charge in [-0.2, -0.15) is 5.26 Å². The number of anilines is 1. The van der Waals surface area contributed by atoms with E-state index in [9.17, 15) is 0 Å². The molecular weight excluding hydrogens is 292 g/mol. The van der Waals surface area contributed by atoms with Crippen molar-refractivity contribution in [1.82, 2.24) is 0 Å². The van der Waals surface area contributed by atoms with Crippen molar-refractivity contribution < 1.29 is 4.42 Å². The molecule has 2 aromatic rings. The van der Waals surface area contributed by atoms with Gasteiger partial charge < -0.3 is 9.73 Å². The third kappa shape index (κ3) is 2.93. The number of furan rings is 1. The first-order valence-corrected chi connectivity index (χ1v) is 6.53. The SMILES string of the molecule is CCc1ccc(CNc2ccc(Br)cc2C#N)o1. The molecule has 1 heterocycles. The lowest BCUT2D eigenvalue weighted by Gasteiger charge is -2.06. The van der Waals surface area contributed by atoms with E-state index in [1.54, 1.807) is 6.07 Å². The van der Waals surface area contributed by atoms with Crippen molar-refractivity contribution in [3.63, 3.8) is 0 Å². The lowest BCUT2D eigenvalue weighted by Crippen LogP contribution is -2.00. The van der Waals surface area contributed by atoms with Gasteiger partial charge in [-0.05, 0) is 30.3 Å². The van der Waals surface area contributed by atoms with Gasteiger partial charge in [0, 0.05) is 10.9 Å². The van der Waals surface area contributed by atoms with E-state index in [-0.39, 0.29) is 0 Å². The van der Waals surface area contributed by atoms with E-state index in [0.29, 0.717) is 12.1 Å². The number of rotatable bonds is 4. The molecule has 0 radical (unpaired) electrons. The minimum Gasteiger partial charge on any atom is -0.464 e. The first kappa shape index (κ1) is 12.7. The third-order valence-electron chi connectivity index (χ3n) is 2.62. The van der Waals surface area contributed by atoms with E-state index in [4.69, 9.17) is 9.68 Å². The van der Waals surface area contributed by atoms with Crippen molar-refractivity contribution in [3.8, 4) is 6.07 Å². The third-order valence-corrected chi connectivity index (χ3v) is 3.11. The maximum atomic E-state index is 9.05. The van der Waals surface area contributed by atoms with Gasteiger partial charge in [0.05, 0.1) is 17.8 Å². The minimum atomic E-state index is 0.580. The molecule has 2 rings (SSSR count). The Bertz CT molecular complexity index is 584. The highest BCUT2D eigenvalue weighted by Crippen LogP contribution is 2.21. The Kier molecular flexibility index (Phi) is 4.06. The summed E-state index contributed by atoms with van der Waals surface area (Å²) in [7, 11) is 0. The average molecular weight is 305 g/mol. The fraction of sp³-hybridized carbons (Fsp3) is 0.214. The number of hydrogen-bond acceptors (Lipinski definition) is 3. The lowest BCUT2D eigenvalue weighted by atomic mass is 10.2. The molecular formula is C14H13BrN2O. The standard InChI is InChI=1S/C14H13BrN2O/c1-2-12-4-5-13(18-12)9-17-14-6-3-11(15)7-10(14)8-16/h3-7,17H,2,9H2,1H3. The van der Waals surface area contributed by atoms with E-state index in [2.05, 4.69) is 34.2 Å².